The van der Waals surface area contributed by atoms with Gasteiger partial charge in [-0.2, -0.15) is 0 Å². The fourth-order valence-electron chi connectivity index (χ4n) is 4.19. The minimum atomic E-state index is -0.467. The monoisotopic (exact) mass is 605 g/mol. The lowest BCUT2D eigenvalue weighted by molar-refractivity contribution is -0.115. The molecule has 0 aliphatic heterocycles. The largest absolute Gasteiger partial charge is 0.325 e. The summed E-state index contributed by atoms with van der Waals surface area (Å²) in [4.78, 5) is 51.3. The van der Waals surface area contributed by atoms with Crippen LogP contribution in [0.25, 0.3) is 6.08 Å². The predicted octanol–water partition coefficient (Wildman–Crippen LogP) is 7.54. The van der Waals surface area contributed by atoms with Crippen LogP contribution in [0.3, 0.4) is 0 Å². The van der Waals surface area contributed by atoms with Gasteiger partial charge in [-0.15, -0.1) is 11.8 Å². The second-order valence-electron chi connectivity index (χ2n) is 10.6. The summed E-state index contributed by atoms with van der Waals surface area (Å²) in [7, 11) is 0. The Balaban J connectivity index is 1.42. The summed E-state index contributed by atoms with van der Waals surface area (Å²) in [6.45, 7) is 7.52. The van der Waals surface area contributed by atoms with E-state index in [2.05, 4.69) is 29.8 Å². The Labute approximate surface area is 262 Å². The van der Waals surface area contributed by atoms with E-state index in [1.54, 1.807) is 73.7 Å². The Kier molecular flexibility index (Phi) is 10.9. The lowest BCUT2D eigenvalue weighted by atomic mass is 10.0. The van der Waals surface area contributed by atoms with E-state index in [1.165, 1.54) is 24.2 Å². The van der Waals surface area contributed by atoms with Crippen LogP contribution in [-0.2, 0) is 9.59 Å². The number of amides is 3. The first-order valence-electron chi connectivity index (χ1n) is 14.3. The van der Waals surface area contributed by atoms with E-state index in [9.17, 15) is 19.2 Å². The molecule has 224 valence electrons. The quantitative estimate of drug-likeness (QED) is 0.0931. The van der Waals surface area contributed by atoms with Crippen molar-refractivity contribution in [2.75, 3.05) is 10.6 Å². The van der Waals surface area contributed by atoms with E-state index in [0.717, 1.165) is 10.5 Å². The van der Waals surface area contributed by atoms with E-state index in [1.807, 2.05) is 42.5 Å². The molecule has 0 aromatic heterocycles. The number of carbonyl (C=O) groups is 4. The van der Waals surface area contributed by atoms with E-state index in [0.29, 0.717) is 28.4 Å². The van der Waals surface area contributed by atoms with Gasteiger partial charge in [-0.25, -0.2) is 0 Å². The van der Waals surface area contributed by atoms with Crippen molar-refractivity contribution < 1.29 is 19.2 Å². The van der Waals surface area contributed by atoms with Crippen molar-refractivity contribution in [2.45, 2.75) is 43.8 Å². The zero-order valence-corrected chi connectivity index (χ0v) is 25.9. The number of hydrogen-bond donors (Lipinski definition) is 3. The number of hydrogen-bond acceptors (Lipinski definition) is 5. The number of benzene rings is 4. The summed E-state index contributed by atoms with van der Waals surface area (Å²) in [5.41, 5.74) is 4.24. The molecule has 0 saturated carbocycles. The Bertz CT molecular complexity index is 1650. The lowest BCUT2D eigenvalue weighted by Crippen LogP contribution is -2.30. The van der Waals surface area contributed by atoms with E-state index < -0.39 is 11.2 Å². The Morgan fingerprint density at radius 2 is 1.27 bits per heavy atom. The van der Waals surface area contributed by atoms with Gasteiger partial charge in [0.1, 0.15) is 5.70 Å². The number of thioether (sulfide) groups is 1. The SMILES string of the molecule is CC(=O)c1ccc(NC(=O)C(C)Sc2ccc(NC(=O)/C(=C/c3ccc(C(C)C)cc3)NC(=O)c3ccccc3)cc2)cc1. The highest BCUT2D eigenvalue weighted by Crippen LogP contribution is 2.26. The van der Waals surface area contributed by atoms with Gasteiger partial charge >= 0.3 is 0 Å². The van der Waals surface area contributed by atoms with E-state index in [4.69, 9.17) is 0 Å². The molecule has 4 rings (SSSR count). The summed E-state index contributed by atoms with van der Waals surface area (Å²) in [5.74, 6) is -0.691. The molecule has 3 amide bonds. The van der Waals surface area contributed by atoms with Gasteiger partial charge < -0.3 is 16.0 Å². The van der Waals surface area contributed by atoms with Gasteiger partial charge in [0.2, 0.25) is 5.91 Å². The van der Waals surface area contributed by atoms with Gasteiger partial charge in [0.25, 0.3) is 11.8 Å². The van der Waals surface area contributed by atoms with Crippen molar-refractivity contribution >= 4 is 52.7 Å². The highest BCUT2D eigenvalue weighted by molar-refractivity contribution is 8.00. The average Bonchev–Trinajstić information content (AvgIpc) is 3.02. The van der Waals surface area contributed by atoms with Crippen LogP contribution in [0.4, 0.5) is 11.4 Å². The fraction of sp³-hybridized carbons (Fsp3) is 0.167. The third-order valence-electron chi connectivity index (χ3n) is 6.80. The molecule has 0 saturated heterocycles. The minimum Gasteiger partial charge on any atom is -0.325 e. The molecule has 0 bridgehead atoms. The molecular formula is C36H35N3O4S. The molecule has 0 radical (unpaired) electrons. The molecule has 1 atom stereocenters. The third-order valence-corrected chi connectivity index (χ3v) is 7.91. The summed E-state index contributed by atoms with van der Waals surface area (Å²) < 4.78 is 0. The predicted molar refractivity (Wildman–Crippen MR) is 178 cm³/mol. The summed E-state index contributed by atoms with van der Waals surface area (Å²) in [5, 5.41) is 8.09. The zero-order chi connectivity index (χ0) is 31.6. The Hall–Kier alpha value is -4.95. The topological polar surface area (TPSA) is 104 Å². The second kappa shape index (κ2) is 15.0. The van der Waals surface area contributed by atoms with Gasteiger partial charge in [0.15, 0.2) is 5.78 Å². The molecule has 0 aliphatic carbocycles. The zero-order valence-electron chi connectivity index (χ0n) is 25.1. The van der Waals surface area contributed by atoms with Gasteiger partial charge in [0.05, 0.1) is 5.25 Å². The van der Waals surface area contributed by atoms with Crippen molar-refractivity contribution in [2.24, 2.45) is 0 Å². The molecule has 0 heterocycles. The molecule has 44 heavy (non-hydrogen) atoms. The van der Waals surface area contributed by atoms with Crippen molar-refractivity contribution in [3.8, 4) is 0 Å². The molecule has 4 aromatic carbocycles. The first-order valence-corrected chi connectivity index (χ1v) is 15.1. The first kappa shape index (κ1) is 32.0. The maximum absolute atomic E-state index is 13.4. The molecule has 3 N–H and O–H groups in total. The molecule has 8 heteroatoms. The maximum atomic E-state index is 13.4. The van der Waals surface area contributed by atoms with Gasteiger partial charge in [-0.3, -0.25) is 19.2 Å². The van der Waals surface area contributed by atoms with Crippen molar-refractivity contribution in [3.63, 3.8) is 0 Å². The summed E-state index contributed by atoms with van der Waals surface area (Å²) in [6.07, 6.45) is 1.65. The highest BCUT2D eigenvalue weighted by atomic mass is 32.2. The third kappa shape index (κ3) is 9.02. The molecule has 0 spiro atoms. The smallest absolute Gasteiger partial charge is 0.272 e. The average molecular weight is 606 g/mol. The van der Waals surface area contributed by atoms with Crippen LogP contribution in [0.15, 0.2) is 114 Å². The first-order chi connectivity index (χ1) is 21.1. The molecule has 4 aromatic rings. The maximum Gasteiger partial charge on any atom is 0.272 e. The number of carbonyl (C=O) groups excluding carboxylic acids is 4. The Morgan fingerprint density at radius 3 is 1.86 bits per heavy atom. The van der Waals surface area contributed by atoms with Crippen molar-refractivity contribution in [3.05, 3.63) is 131 Å². The van der Waals surface area contributed by atoms with Crippen molar-refractivity contribution in [1.82, 2.24) is 5.32 Å². The van der Waals surface area contributed by atoms with Crippen LogP contribution in [0, 0.1) is 0 Å². The molecule has 1 unspecified atom stereocenters. The number of anilines is 2. The normalized spacial score (nSPS) is 11.9. The van der Waals surface area contributed by atoms with E-state index >= 15 is 0 Å². The van der Waals surface area contributed by atoms with Crippen LogP contribution >= 0.6 is 11.8 Å². The minimum absolute atomic E-state index is 0.0352. The molecule has 0 aliphatic rings. The number of rotatable bonds is 11. The summed E-state index contributed by atoms with van der Waals surface area (Å²) in [6, 6.07) is 30.5. The second-order valence-corrected chi connectivity index (χ2v) is 12.0. The highest BCUT2D eigenvalue weighted by Gasteiger charge is 2.17. The van der Waals surface area contributed by atoms with Crippen molar-refractivity contribution in [1.29, 1.82) is 0 Å². The number of nitrogens with one attached hydrogen (secondary N) is 3. The molecule has 7 nitrogen and oxygen atoms in total. The standard InChI is InChI=1S/C36H35N3O4S/c1-23(2)27-12-10-26(11-13-27)22-33(39-35(42)29-8-6-5-7-9-29)36(43)38-31-18-20-32(21-19-31)44-25(4)34(41)37-30-16-14-28(15-17-30)24(3)40/h5-23,25H,1-4H3,(H,37,41)(H,38,43)(H,39,42)/b33-22-. The van der Waals surface area contributed by atoms with Crippen LogP contribution in [0.5, 0.6) is 0 Å². The fourth-order valence-corrected chi connectivity index (χ4v) is 5.06. The van der Waals surface area contributed by atoms with Gasteiger partial charge in [-0.1, -0.05) is 56.3 Å². The molecular weight excluding hydrogens is 570 g/mol. The Morgan fingerprint density at radius 1 is 0.682 bits per heavy atom. The van der Waals surface area contributed by atoms with Crippen LogP contribution < -0.4 is 16.0 Å². The van der Waals surface area contributed by atoms with Crippen LogP contribution in [-0.4, -0.2) is 28.8 Å². The molecule has 0 fully saturated rings. The van der Waals surface area contributed by atoms with Gasteiger partial charge in [-0.05, 0) is 97.6 Å². The summed E-state index contributed by atoms with van der Waals surface area (Å²) >= 11 is 1.38. The number of ketones is 1. The van der Waals surface area contributed by atoms with E-state index in [-0.39, 0.29) is 23.3 Å². The van der Waals surface area contributed by atoms with Gasteiger partial charge in [0, 0.05) is 27.4 Å². The van der Waals surface area contributed by atoms with Crippen LogP contribution in [0.2, 0.25) is 0 Å². The lowest BCUT2D eigenvalue weighted by Gasteiger charge is -2.14. The number of Topliss-reactive ketones (excluding diaryl/α,β-unsaturated/α-hetero) is 1. The van der Waals surface area contributed by atoms with Crippen LogP contribution in [0.1, 0.15) is 65.5 Å².